The number of pyridine rings is 1. The van der Waals surface area contributed by atoms with Gasteiger partial charge in [0.25, 0.3) is 0 Å². The number of benzene rings is 3. The summed E-state index contributed by atoms with van der Waals surface area (Å²) in [5.74, 6) is 0. The van der Waals surface area contributed by atoms with Crippen molar-refractivity contribution in [3.05, 3.63) is 79.0 Å². The van der Waals surface area contributed by atoms with Gasteiger partial charge < -0.3 is 0 Å². The smallest absolute Gasteiger partial charge is 0.0786 e. The van der Waals surface area contributed by atoms with Gasteiger partial charge in [-0.25, -0.2) is 0 Å². The van der Waals surface area contributed by atoms with Crippen LogP contribution in [0.3, 0.4) is 0 Å². The second-order valence-corrected chi connectivity index (χ2v) is 4.91. The lowest BCUT2D eigenvalue weighted by atomic mass is 9.98. The Morgan fingerprint density at radius 3 is 2.05 bits per heavy atom. The topological polar surface area (TPSA) is 12.9 Å². The largest absolute Gasteiger partial charge is 0.256 e. The summed E-state index contributed by atoms with van der Waals surface area (Å²) in [6, 6.07) is 25.3. The zero-order valence-electron chi connectivity index (χ0n) is 11.0. The predicted molar refractivity (Wildman–Crippen MR) is 84.7 cm³/mol. The molecule has 0 fully saturated rings. The fourth-order valence-corrected chi connectivity index (χ4v) is 2.77. The summed E-state index contributed by atoms with van der Waals surface area (Å²) in [6.45, 7) is 0. The number of rotatable bonds is 1. The Bertz CT molecular complexity index is 821. The maximum atomic E-state index is 4.63. The van der Waals surface area contributed by atoms with E-state index in [-0.39, 0.29) is 0 Å². The molecule has 94 valence electrons. The Morgan fingerprint density at radius 1 is 0.550 bits per heavy atom. The second-order valence-electron chi connectivity index (χ2n) is 4.91. The van der Waals surface area contributed by atoms with Crippen molar-refractivity contribution in [2.75, 3.05) is 0 Å². The molecule has 0 atom stereocenters. The average Bonchev–Trinajstić information content (AvgIpc) is 2.54. The molecule has 0 saturated heterocycles. The second kappa shape index (κ2) is 4.46. The highest BCUT2D eigenvalue weighted by atomic mass is 14.7. The van der Waals surface area contributed by atoms with E-state index in [0.717, 1.165) is 5.69 Å². The van der Waals surface area contributed by atoms with E-state index in [2.05, 4.69) is 77.8 Å². The van der Waals surface area contributed by atoms with Crippen LogP contribution in [0.4, 0.5) is 0 Å². The van der Waals surface area contributed by atoms with Crippen LogP contribution >= 0.6 is 0 Å². The highest BCUT2D eigenvalue weighted by molar-refractivity contribution is 6.03. The third kappa shape index (κ3) is 1.68. The van der Waals surface area contributed by atoms with Crippen LogP contribution < -0.4 is 0 Å². The third-order valence-electron chi connectivity index (χ3n) is 3.72. The van der Waals surface area contributed by atoms with Gasteiger partial charge in [-0.2, -0.15) is 0 Å². The first-order valence-corrected chi connectivity index (χ1v) is 6.75. The van der Waals surface area contributed by atoms with Crippen LogP contribution in [0, 0.1) is 0 Å². The van der Waals surface area contributed by atoms with Crippen molar-refractivity contribution in [2.24, 2.45) is 0 Å². The molecule has 4 aromatic rings. The van der Waals surface area contributed by atoms with Crippen LogP contribution in [0.2, 0.25) is 0 Å². The van der Waals surface area contributed by atoms with Crippen molar-refractivity contribution in [3.8, 4) is 11.3 Å². The normalized spacial score (nSPS) is 11.0. The highest BCUT2D eigenvalue weighted by Crippen LogP contribution is 2.31. The Balaban J connectivity index is 2.12. The standard InChI is InChI=1S/C19H13N/c1-3-9-16-14(6-1)8-5-11-18(16)19-17-10-4-2-7-15(17)12-13-20-19/h1-13H. The van der Waals surface area contributed by atoms with Gasteiger partial charge in [0, 0.05) is 17.1 Å². The number of aromatic nitrogens is 1. The monoisotopic (exact) mass is 255 g/mol. The maximum Gasteiger partial charge on any atom is 0.0786 e. The summed E-state index contributed by atoms with van der Waals surface area (Å²) >= 11 is 0. The molecule has 3 aromatic carbocycles. The van der Waals surface area contributed by atoms with Gasteiger partial charge in [0.05, 0.1) is 5.69 Å². The van der Waals surface area contributed by atoms with Crippen molar-refractivity contribution in [1.29, 1.82) is 0 Å². The first-order valence-electron chi connectivity index (χ1n) is 6.75. The first-order chi connectivity index (χ1) is 9.93. The number of hydrogen-bond donors (Lipinski definition) is 0. The van der Waals surface area contributed by atoms with Crippen LogP contribution in [0.25, 0.3) is 32.8 Å². The molecular weight excluding hydrogens is 242 g/mol. The molecule has 0 N–H and O–H groups in total. The molecule has 0 amide bonds. The van der Waals surface area contributed by atoms with E-state index >= 15 is 0 Å². The van der Waals surface area contributed by atoms with Crippen molar-refractivity contribution in [2.45, 2.75) is 0 Å². The molecule has 0 unspecified atom stereocenters. The molecule has 0 saturated carbocycles. The van der Waals surface area contributed by atoms with Crippen LogP contribution in [-0.4, -0.2) is 4.98 Å². The van der Waals surface area contributed by atoms with Gasteiger partial charge >= 0.3 is 0 Å². The molecule has 1 heteroatoms. The van der Waals surface area contributed by atoms with Crippen LogP contribution in [0.1, 0.15) is 0 Å². The molecule has 1 nitrogen and oxygen atoms in total. The van der Waals surface area contributed by atoms with E-state index < -0.39 is 0 Å². The molecular formula is C19H13N. The Morgan fingerprint density at radius 2 is 1.20 bits per heavy atom. The lowest BCUT2D eigenvalue weighted by Crippen LogP contribution is -1.87. The van der Waals surface area contributed by atoms with E-state index in [1.165, 1.54) is 27.1 Å². The summed E-state index contributed by atoms with van der Waals surface area (Å²) in [7, 11) is 0. The minimum Gasteiger partial charge on any atom is -0.256 e. The number of nitrogens with zero attached hydrogens (tertiary/aromatic N) is 1. The average molecular weight is 255 g/mol. The van der Waals surface area contributed by atoms with Crippen molar-refractivity contribution in [3.63, 3.8) is 0 Å². The fourth-order valence-electron chi connectivity index (χ4n) is 2.77. The lowest BCUT2D eigenvalue weighted by molar-refractivity contribution is 1.36. The van der Waals surface area contributed by atoms with Crippen molar-refractivity contribution < 1.29 is 0 Å². The van der Waals surface area contributed by atoms with Gasteiger partial charge in [-0.1, -0.05) is 66.7 Å². The van der Waals surface area contributed by atoms with Gasteiger partial charge in [-0.15, -0.1) is 0 Å². The molecule has 0 radical (unpaired) electrons. The highest BCUT2D eigenvalue weighted by Gasteiger charge is 2.07. The van der Waals surface area contributed by atoms with Crippen LogP contribution in [0.5, 0.6) is 0 Å². The summed E-state index contributed by atoms with van der Waals surface area (Å²) in [4.78, 5) is 4.63. The summed E-state index contributed by atoms with van der Waals surface area (Å²) in [5.41, 5.74) is 2.25. The van der Waals surface area contributed by atoms with Crippen LogP contribution in [-0.2, 0) is 0 Å². The van der Waals surface area contributed by atoms with E-state index in [9.17, 15) is 0 Å². The minimum absolute atomic E-state index is 1.06. The van der Waals surface area contributed by atoms with Gasteiger partial charge in [0.15, 0.2) is 0 Å². The molecule has 0 aliphatic heterocycles. The first kappa shape index (κ1) is 11.2. The van der Waals surface area contributed by atoms with Crippen molar-refractivity contribution in [1.82, 2.24) is 4.98 Å². The molecule has 0 aliphatic rings. The Kier molecular flexibility index (Phi) is 2.49. The van der Waals surface area contributed by atoms with E-state index in [1.807, 2.05) is 6.20 Å². The van der Waals surface area contributed by atoms with Gasteiger partial charge in [-0.05, 0) is 22.2 Å². The Hall–Kier alpha value is -2.67. The molecule has 1 aromatic heterocycles. The molecule has 4 rings (SSSR count). The van der Waals surface area contributed by atoms with Gasteiger partial charge in [-0.3, -0.25) is 4.98 Å². The fraction of sp³-hybridized carbons (Fsp3) is 0. The van der Waals surface area contributed by atoms with Gasteiger partial charge in [0.1, 0.15) is 0 Å². The van der Waals surface area contributed by atoms with Gasteiger partial charge in [0.2, 0.25) is 0 Å². The predicted octanol–water partition coefficient (Wildman–Crippen LogP) is 5.06. The molecule has 0 bridgehead atoms. The quantitative estimate of drug-likeness (QED) is 0.463. The molecule has 20 heavy (non-hydrogen) atoms. The summed E-state index contributed by atoms with van der Waals surface area (Å²) in [6.07, 6.45) is 1.89. The summed E-state index contributed by atoms with van der Waals surface area (Å²) < 4.78 is 0. The number of fused-ring (bicyclic) bond motifs is 2. The van der Waals surface area contributed by atoms with E-state index in [4.69, 9.17) is 0 Å². The zero-order valence-corrected chi connectivity index (χ0v) is 11.0. The Labute approximate surface area is 117 Å². The molecule has 1 heterocycles. The van der Waals surface area contributed by atoms with Crippen LogP contribution in [0.15, 0.2) is 79.0 Å². The lowest BCUT2D eigenvalue weighted by Gasteiger charge is -2.09. The maximum absolute atomic E-state index is 4.63. The molecule has 0 spiro atoms. The zero-order chi connectivity index (χ0) is 13.4. The minimum atomic E-state index is 1.06. The molecule has 0 aliphatic carbocycles. The summed E-state index contributed by atoms with van der Waals surface area (Å²) in [5, 5.41) is 4.93. The van der Waals surface area contributed by atoms with E-state index in [1.54, 1.807) is 0 Å². The third-order valence-corrected chi connectivity index (χ3v) is 3.72. The number of hydrogen-bond acceptors (Lipinski definition) is 1. The van der Waals surface area contributed by atoms with Crippen molar-refractivity contribution >= 4 is 21.5 Å². The van der Waals surface area contributed by atoms with E-state index in [0.29, 0.717) is 0 Å². The SMILES string of the molecule is c1ccc2c(-c3nccc4ccccc34)cccc2c1.